The van der Waals surface area contributed by atoms with Crippen LogP contribution in [0.1, 0.15) is 22.3 Å². The van der Waals surface area contributed by atoms with Gasteiger partial charge in [-0.25, -0.2) is 0 Å². The Balaban J connectivity index is 0.00000121. The van der Waals surface area contributed by atoms with E-state index in [0.717, 1.165) is 12.8 Å². The van der Waals surface area contributed by atoms with Gasteiger partial charge in [-0.1, -0.05) is 12.1 Å². The van der Waals surface area contributed by atoms with Gasteiger partial charge in [0, 0.05) is 39.6 Å². The van der Waals surface area contributed by atoms with E-state index in [4.69, 9.17) is 0 Å². The molecule has 2 aromatic carbocycles. The third-order valence-electron chi connectivity index (χ3n) is 4.17. The molecule has 0 atom stereocenters. The van der Waals surface area contributed by atoms with Gasteiger partial charge in [-0.3, -0.25) is 0 Å². The summed E-state index contributed by atoms with van der Waals surface area (Å²) in [5.41, 5.74) is 8.47. The lowest BCUT2D eigenvalue weighted by molar-refractivity contribution is 0.987. The molecule has 0 amide bonds. The summed E-state index contributed by atoms with van der Waals surface area (Å²) in [6.45, 7) is 0. The number of anilines is 2. The maximum absolute atomic E-state index is 2.33. The van der Waals surface area contributed by atoms with Crippen LogP contribution < -0.4 is 9.80 Å². The minimum atomic E-state index is 0. The fourth-order valence-electron chi connectivity index (χ4n) is 2.87. The third-order valence-corrected chi connectivity index (χ3v) is 4.17. The Morgan fingerprint density at radius 3 is 1.27 bits per heavy atom. The fourth-order valence-corrected chi connectivity index (χ4v) is 2.87. The van der Waals surface area contributed by atoms with Crippen molar-refractivity contribution < 1.29 is 0 Å². The van der Waals surface area contributed by atoms with E-state index in [1.807, 2.05) is 0 Å². The molecular weight excluding hydrogens is 315 g/mol. The van der Waals surface area contributed by atoms with Gasteiger partial charge in [0.25, 0.3) is 0 Å². The Bertz CT molecular complexity index is 594. The number of fused-ring (bicyclic) bond motifs is 2. The largest absolute Gasteiger partial charge is 0.378 e. The highest BCUT2D eigenvalue weighted by Crippen LogP contribution is 2.31. The van der Waals surface area contributed by atoms with Gasteiger partial charge >= 0.3 is 0 Å². The van der Waals surface area contributed by atoms with Crippen molar-refractivity contribution in [3.05, 3.63) is 58.7 Å². The maximum Gasteiger partial charge on any atom is 0.0364 e. The second-order valence-corrected chi connectivity index (χ2v) is 6.05. The molecule has 120 valence electrons. The van der Waals surface area contributed by atoms with E-state index in [0.29, 0.717) is 0 Å². The number of rotatable bonds is 2. The van der Waals surface area contributed by atoms with Gasteiger partial charge in [-0.05, 0) is 59.4 Å². The van der Waals surface area contributed by atoms with Crippen molar-refractivity contribution in [1.82, 2.24) is 0 Å². The molecule has 22 heavy (non-hydrogen) atoms. The molecule has 0 N–H and O–H groups in total. The van der Waals surface area contributed by atoms with Crippen LogP contribution in [-0.4, -0.2) is 28.2 Å². The second kappa shape index (κ2) is 7.26. The Morgan fingerprint density at radius 1 is 0.591 bits per heavy atom. The number of benzene rings is 2. The van der Waals surface area contributed by atoms with Gasteiger partial charge < -0.3 is 9.80 Å². The fraction of sp³-hybridized carbons (Fsp3) is 0.333. The van der Waals surface area contributed by atoms with E-state index in [1.165, 1.54) is 33.6 Å². The number of nitrogens with zero attached hydrogens (tertiary/aromatic N) is 2. The summed E-state index contributed by atoms with van der Waals surface area (Å²) in [5.74, 6) is 0. The minimum absolute atomic E-state index is 0. The Kier molecular flexibility index (Phi) is 6.16. The van der Waals surface area contributed by atoms with Gasteiger partial charge in [0.05, 0.1) is 0 Å². The van der Waals surface area contributed by atoms with Crippen LogP contribution >= 0.6 is 24.8 Å². The van der Waals surface area contributed by atoms with E-state index in [-0.39, 0.29) is 24.8 Å². The molecule has 2 nitrogen and oxygen atoms in total. The van der Waals surface area contributed by atoms with Crippen LogP contribution in [0.3, 0.4) is 0 Å². The lowest BCUT2D eigenvalue weighted by atomic mass is 9.85. The molecule has 0 unspecified atom stereocenters. The lowest BCUT2D eigenvalue weighted by Crippen LogP contribution is -2.14. The molecule has 0 bridgehead atoms. The normalized spacial score (nSPS) is 11.5. The molecular formula is C18H24Cl2N2. The van der Waals surface area contributed by atoms with Crippen molar-refractivity contribution in [2.24, 2.45) is 0 Å². The highest BCUT2D eigenvalue weighted by atomic mass is 35.5. The van der Waals surface area contributed by atoms with E-state index in [2.05, 4.69) is 74.4 Å². The first-order valence-electron chi connectivity index (χ1n) is 7.13. The molecule has 3 rings (SSSR count). The summed E-state index contributed by atoms with van der Waals surface area (Å²) in [4.78, 5) is 4.34. The topological polar surface area (TPSA) is 6.48 Å². The first-order chi connectivity index (χ1) is 9.54. The smallest absolute Gasteiger partial charge is 0.0364 e. The zero-order valence-corrected chi connectivity index (χ0v) is 15.2. The van der Waals surface area contributed by atoms with Gasteiger partial charge in [-0.15, -0.1) is 24.8 Å². The molecule has 0 spiro atoms. The van der Waals surface area contributed by atoms with Crippen molar-refractivity contribution in [3.63, 3.8) is 0 Å². The van der Waals surface area contributed by atoms with E-state index < -0.39 is 0 Å². The average Bonchev–Trinajstić information content (AvgIpc) is 2.43. The molecule has 0 aliphatic heterocycles. The van der Waals surface area contributed by atoms with Crippen LogP contribution in [0, 0.1) is 0 Å². The zero-order chi connectivity index (χ0) is 14.3. The highest BCUT2D eigenvalue weighted by Gasteiger charge is 2.16. The summed E-state index contributed by atoms with van der Waals surface area (Å²) in [5, 5.41) is 0. The molecule has 0 saturated heterocycles. The number of hydrogen-bond donors (Lipinski definition) is 0. The minimum Gasteiger partial charge on any atom is -0.378 e. The molecule has 0 radical (unpaired) electrons. The van der Waals surface area contributed by atoms with Gasteiger partial charge in [0.1, 0.15) is 0 Å². The maximum atomic E-state index is 2.33. The molecule has 0 fully saturated rings. The molecule has 4 heteroatoms. The van der Waals surface area contributed by atoms with Crippen LogP contribution in [0.2, 0.25) is 0 Å². The number of hydrogen-bond acceptors (Lipinski definition) is 2. The van der Waals surface area contributed by atoms with Crippen molar-refractivity contribution in [2.45, 2.75) is 12.8 Å². The van der Waals surface area contributed by atoms with Gasteiger partial charge in [0.2, 0.25) is 0 Å². The standard InChI is InChI=1S/C18H22N2.2ClH/c1-19(2)17-7-5-13-10-16-12-18(20(3)4)8-6-14(16)9-15(13)11-17;;/h5-8,11-12H,9-10H2,1-4H3;2*1H. The third kappa shape index (κ3) is 3.50. The van der Waals surface area contributed by atoms with Gasteiger partial charge in [0.15, 0.2) is 0 Å². The quantitative estimate of drug-likeness (QED) is 0.692. The van der Waals surface area contributed by atoms with Crippen LogP contribution in [0.4, 0.5) is 11.4 Å². The van der Waals surface area contributed by atoms with Crippen molar-refractivity contribution in [1.29, 1.82) is 0 Å². The molecule has 2 aromatic rings. The monoisotopic (exact) mass is 338 g/mol. The van der Waals surface area contributed by atoms with Crippen LogP contribution in [0.5, 0.6) is 0 Å². The molecule has 0 heterocycles. The first-order valence-corrected chi connectivity index (χ1v) is 7.13. The molecule has 1 aliphatic rings. The zero-order valence-electron chi connectivity index (χ0n) is 13.6. The summed E-state index contributed by atoms with van der Waals surface area (Å²) in [6.07, 6.45) is 2.11. The molecule has 0 aromatic heterocycles. The lowest BCUT2D eigenvalue weighted by Gasteiger charge is -2.24. The Hall–Kier alpha value is -1.38. The highest BCUT2D eigenvalue weighted by molar-refractivity contribution is 5.85. The summed E-state index contributed by atoms with van der Waals surface area (Å²) >= 11 is 0. The Morgan fingerprint density at radius 2 is 0.955 bits per heavy atom. The predicted octanol–water partition coefficient (Wildman–Crippen LogP) is 4.16. The van der Waals surface area contributed by atoms with Crippen LogP contribution in [0.25, 0.3) is 0 Å². The molecule has 1 aliphatic carbocycles. The van der Waals surface area contributed by atoms with Gasteiger partial charge in [-0.2, -0.15) is 0 Å². The molecule has 0 saturated carbocycles. The summed E-state index contributed by atoms with van der Waals surface area (Å²) in [7, 11) is 8.40. The van der Waals surface area contributed by atoms with Crippen molar-refractivity contribution in [2.75, 3.05) is 38.0 Å². The van der Waals surface area contributed by atoms with E-state index >= 15 is 0 Å². The predicted molar refractivity (Wildman–Crippen MR) is 102 cm³/mol. The summed E-state index contributed by atoms with van der Waals surface area (Å²) in [6, 6.07) is 13.7. The van der Waals surface area contributed by atoms with Crippen molar-refractivity contribution in [3.8, 4) is 0 Å². The van der Waals surface area contributed by atoms with E-state index in [9.17, 15) is 0 Å². The van der Waals surface area contributed by atoms with Crippen LogP contribution in [-0.2, 0) is 12.8 Å². The van der Waals surface area contributed by atoms with E-state index in [1.54, 1.807) is 0 Å². The van der Waals surface area contributed by atoms with Crippen LogP contribution in [0.15, 0.2) is 36.4 Å². The SMILES string of the molecule is CN(C)c1ccc2c(c1)Cc1ccc(N(C)C)cc1C2.Cl.Cl. The summed E-state index contributed by atoms with van der Waals surface area (Å²) < 4.78 is 0. The average molecular weight is 339 g/mol. The van der Waals surface area contributed by atoms with Crippen molar-refractivity contribution >= 4 is 36.2 Å². The second-order valence-electron chi connectivity index (χ2n) is 6.05. The first kappa shape index (κ1) is 18.7. The number of halogens is 2. The Labute approximate surface area is 145 Å².